The Labute approximate surface area is 59.2 Å². The van der Waals surface area contributed by atoms with E-state index in [4.69, 9.17) is 0 Å². The van der Waals surface area contributed by atoms with Gasteiger partial charge in [0.2, 0.25) is 0 Å². The molecule has 49 valence electrons. The van der Waals surface area contributed by atoms with Crippen molar-refractivity contribution in [1.82, 2.24) is 5.32 Å². The van der Waals surface area contributed by atoms with Crippen LogP contribution in [0, 0.1) is 0 Å². The highest BCUT2D eigenvalue weighted by Crippen LogP contribution is 2.32. The molecule has 2 rings (SSSR count). The predicted octanol–water partition coefficient (Wildman–Crippen LogP) is 1.23. The summed E-state index contributed by atoms with van der Waals surface area (Å²) in [6.07, 6.45) is 3.49. The van der Waals surface area contributed by atoms with E-state index in [0.29, 0.717) is 0 Å². The van der Waals surface area contributed by atoms with Crippen LogP contribution in [0.4, 0.5) is 0 Å². The Hall–Kier alpha value is -0.210. The molecule has 1 radical (unpaired) electrons. The summed E-state index contributed by atoms with van der Waals surface area (Å²) < 4.78 is 0. The molecule has 0 bridgehead atoms. The maximum absolute atomic E-state index is 3.34. The summed E-state index contributed by atoms with van der Waals surface area (Å²) in [7, 11) is 0. The van der Waals surface area contributed by atoms with Crippen molar-refractivity contribution in [3.63, 3.8) is 0 Å². The lowest BCUT2D eigenvalue weighted by atomic mass is 10.1. The maximum Gasteiger partial charge on any atom is 0.0213 e. The zero-order valence-corrected chi connectivity index (χ0v) is 6.12. The SMILES string of the molecule is C1=CC2=C(CCNC2)[SH]1. The van der Waals surface area contributed by atoms with E-state index in [2.05, 4.69) is 16.8 Å². The fourth-order valence-electron chi connectivity index (χ4n) is 1.21. The Kier molecular flexibility index (Phi) is 1.36. The van der Waals surface area contributed by atoms with Crippen molar-refractivity contribution in [2.45, 2.75) is 6.42 Å². The van der Waals surface area contributed by atoms with Crippen LogP contribution in [-0.2, 0) is 0 Å². The second-order valence-electron chi connectivity index (χ2n) is 2.34. The summed E-state index contributed by atoms with van der Waals surface area (Å²) in [6, 6.07) is 0. The third-order valence-electron chi connectivity index (χ3n) is 1.73. The number of hydrogen-bond donors (Lipinski definition) is 2. The van der Waals surface area contributed by atoms with Gasteiger partial charge in [0.25, 0.3) is 0 Å². The Morgan fingerprint density at radius 3 is 3.44 bits per heavy atom. The quantitative estimate of drug-likeness (QED) is 0.482. The number of rotatable bonds is 0. The topological polar surface area (TPSA) is 12.0 Å². The molecule has 0 spiro atoms. The highest BCUT2D eigenvalue weighted by Gasteiger charge is 2.11. The Morgan fingerprint density at radius 1 is 1.56 bits per heavy atom. The van der Waals surface area contributed by atoms with Crippen molar-refractivity contribution in [1.29, 1.82) is 0 Å². The summed E-state index contributed by atoms with van der Waals surface area (Å²) in [5.74, 6) is 0. The highest BCUT2D eigenvalue weighted by atomic mass is 32.2. The van der Waals surface area contributed by atoms with Gasteiger partial charge in [-0.25, -0.2) is 0 Å². The molecule has 0 fully saturated rings. The standard InChI is InChI=1S/C7H10NS/c1-3-8-5-6-2-4-9-7(1)6/h2,4,8-9H,1,3,5H2. The zero-order chi connectivity index (χ0) is 6.10. The molecule has 0 amide bonds. The van der Waals surface area contributed by atoms with Crippen molar-refractivity contribution >= 4 is 11.8 Å². The first-order valence-corrected chi connectivity index (χ1v) is 4.23. The second kappa shape index (κ2) is 2.20. The first kappa shape index (κ1) is 5.57. The maximum atomic E-state index is 3.34. The molecule has 0 aliphatic carbocycles. The van der Waals surface area contributed by atoms with Gasteiger partial charge in [-0.05, 0) is 28.9 Å². The molecule has 0 aromatic rings. The normalized spacial score (nSPS) is 24.9. The number of nitrogens with one attached hydrogen (secondary N) is 1. The van der Waals surface area contributed by atoms with Gasteiger partial charge < -0.3 is 5.32 Å². The van der Waals surface area contributed by atoms with E-state index in [1.807, 2.05) is 0 Å². The average molecular weight is 140 g/mol. The van der Waals surface area contributed by atoms with Crippen LogP contribution < -0.4 is 5.32 Å². The minimum atomic E-state index is 1.10. The largest absolute Gasteiger partial charge is 0.312 e. The Bertz CT molecular complexity index is 181. The minimum absolute atomic E-state index is 1.10. The molecular formula is C7H10NS. The number of thiol groups is 1. The van der Waals surface area contributed by atoms with Gasteiger partial charge in [0, 0.05) is 6.54 Å². The molecule has 2 heteroatoms. The first-order valence-electron chi connectivity index (χ1n) is 3.27. The van der Waals surface area contributed by atoms with Crippen LogP contribution in [0.1, 0.15) is 6.42 Å². The van der Waals surface area contributed by atoms with Gasteiger partial charge in [-0.3, -0.25) is 0 Å². The van der Waals surface area contributed by atoms with Crippen LogP contribution in [0.25, 0.3) is 0 Å². The van der Waals surface area contributed by atoms with E-state index in [0.717, 1.165) is 6.54 Å². The van der Waals surface area contributed by atoms with Gasteiger partial charge in [0.15, 0.2) is 0 Å². The Balaban J connectivity index is 2.24. The third-order valence-corrected chi connectivity index (χ3v) is 2.85. The second-order valence-corrected chi connectivity index (χ2v) is 3.44. The monoisotopic (exact) mass is 140 g/mol. The van der Waals surface area contributed by atoms with Gasteiger partial charge in [-0.1, -0.05) is 6.08 Å². The van der Waals surface area contributed by atoms with Crippen molar-refractivity contribution in [2.24, 2.45) is 0 Å². The minimum Gasteiger partial charge on any atom is -0.312 e. The van der Waals surface area contributed by atoms with Crippen LogP contribution in [0.2, 0.25) is 0 Å². The summed E-state index contributed by atoms with van der Waals surface area (Å²) >= 11 is 1.44. The van der Waals surface area contributed by atoms with Gasteiger partial charge in [0.05, 0.1) is 0 Å². The van der Waals surface area contributed by atoms with Gasteiger partial charge >= 0.3 is 0 Å². The molecule has 0 unspecified atom stereocenters. The molecule has 1 nitrogen and oxygen atoms in total. The highest BCUT2D eigenvalue weighted by molar-refractivity contribution is 8.06. The van der Waals surface area contributed by atoms with E-state index in [1.54, 1.807) is 4.91 Å². The molecule has 2 aliphatic heterocycles. The Morgan fingerprint density at radius 2 is 2.56 bits per heavy atom. The van der Waals surface area contributed by atoms with E-state index < -0.39 is 0 Å². The lowest BCUT2D eigenvalue weighted by molar-refractivity contribution is 0.707. The van der Waals surface area contributed by atoms with Gasteiger partial charge in [-0.15, -0.1) is 0 Å². The summed E-state index contributed by atoms with van der Waals surface area (Å²) in [5, 5.41) is 5.58. The predicted molar refractivity (Wildman–Crippen MR) is 42.6 cm³/mol. The first-order chi connectivity index (χ1) is 4.47. The molecule has 0 atom stereocenters. The van der Waals surface area contributed by atoms with Crippen LogP contribution in [0.5, 0.6) is 0 Å². The van der Waals surface area contributed by atoms with Crippen LogP contribution in [-0.4, -0.2) is 13.1 Å². The molecule has 9 heavy (non-hydrogen) atoms. The molecule has 0 saturated heterocycles. The number of hydrogen-bond acceptors (Lipinski definition) is 1. The van der Waals surface area contributed by atoms with E-state index >= 15 is 0 Å². The van der Waals surface area contributed by atoms with Crippen molar-refractivity contribution < 1.29 is 0 Å². The van der Waals surface area contributed by atoms with Crippen LogP contribution in [0.3, 0.4) is 0 Å². The van der Waals surface area contributed by atoms with E-state index in [1.165, 1.54) is 30.3 Å². The molecule has 0 aromatic carbocycles. The van der Waals surface area contributed by atoms with Crippen molar-refractivity contribution in [2.75, 3.05) is 13.1 Å². The smallest absolute Gasteiger partial charge is 0.0213 e. The lowest BCUT2D eigenvalue weighted by Crippen LogP contribution is -2.22. The third kappa shape index (κ3) is 0.926. The molecule has 1 N–H and O–H groups in total. The van der Waals surface area contributed by atoms with Crippen LogP contribution in [0.15, 0.2) is 22.0 Å². The zero-order valence-electron chi connectivity index (χ0n) is 5.22. The average Bonchev–Trinajstić information content (AvgIpc) is 2.33. The van der Waals surface area contributed by atoms with Gasteiger partial charge in [-0.2, -0.15) is 11.8 Å². The molecule has 0 aromatic heterocycles. The summed E-state index contributed by atoms with van der Waals surface area (Å²) in [6.45, 7) is 2.27. The molecule has 2 aliphatic rings. The molecule has 2 heterocycles. The summed E-state index contributed by atoms with van der Waals surface area (Å²) in [4.78, 5) is 1.63. The summed E-state index contributed by atoms with van der Waals surface area (Å²) in [5.41, 5.74) is 1.53. The van der Waals surface area contributed by atoms with E-state index in [-0.39, 0.29) is 0 Å². The fraction of sp³-hybridized carbons (Fsp3) is 0.429. The van der Waals surface area contributed by atoms with Gasteiger partial charge in [0.1, 0.15) is 0 Å². The van der Waals surface area contributed by atoms with E-state index in [9.17, 15) is 0 Å². The fourth-order valence-corrected chi connectivity index (χ4v) is 2.21. The lowest BCUT2D eigenvalue weighted by Gasteiger charge is -2.13. The van der Waals surface area contributed by atoms with Crippen molar-refractivity contribution in [3.05, 3.63) is 22.0 Å². The van der Waals surface area contributed by atoms with Crippen molar-refractivity contribution in [3.8, 4) is 0 Å². The molecule has 0 saturated carbocycles. The van der Waals surface area contributed by atoms with Crippen LogP contribution >= 0.6 is 11.8 Å². The molecular weight excluding hydrogens is 130 g/mol.